The normalized spacial score (nSPS) is 12.1. The van der Waals surface area contributed by atoms with Gasteiger partial charge in [0.25, 0.3) is 10.1 Å². The second-order valence-electron chi connectivity index (χ2n) is 3.54. The van der Waals surface area contributed by atoms with E-state index in [1.807, 2.05) is 0 Å². The SMILES string of the molecule is Nc1n[nH]c(N)c1N=Nc1ccc(S(=O)(=O)O)cc1. The molecule has 0 saturated carbocycles. The number of rotatable bonds is 3. The minimum atomic E-state index is -4.22. The maximum absolute atomic E-state index is 10.8. The number of nitrogens with one attached hydrogen (secondary N) is 1. The molecule has 0 unspecified atom stereocenters. The van der Waals surface area contributed by atoms with Crippen molar-refractivity contribution in [3.8, 4) is 0 Å². The van der Waals surface area contributed by atoms with Gasteiger partial charge >= 0.3 is 0 Å². The van der Waals surface area contributed by atoms with Gasteiger partial charge in [0.1, 0.15) is 5.82 Å². The average molecular weight is 282 g/mol. The zero-order valence-electron chi connectivity index (χ0n) is 9.48. The highest BCUT2D eigenvalue weighted by molar-refractivity contribution is 7.85. The fourth-order valence-electron chi connectivity index (χ4n) is 1.26. The molecule has 0 saturated heterocycles. The van der Waals surface area contributed by atoms with E-state index >= 15 is 0 Å². The van der Waals surface area contributed by atoms with Crippen molar-refractivity contribution in [3.05, 3.63) is 24.3 Å². The first-order valence-corrected chi connectivity index (χ1v) is 6.40. The Balaban J connectivity index is 2.25. The fraction of sp³-hybridized carbons (Fsp3) is 0. The molecule has 1 heterocycles. The monoisotopic (exact) mass is 282 g/mol. The Morgan fingerprint density at radius 2 is 1.79 bits per heavy atom. The highest BCUT2D eigenvalue weighted by Crippen LogP contribution is 2.28. The number of aromatic amines is 1. The van der Waals surface area contributed by atoms with Crippen LogP contribution in [0, 0.1) is 0 Å². The predicted molar refractivity (Wildman–Crippen MR) is 67.8 cm³/mol. The van der Waals surface area contributed by atoms with E-state index in [0.29, 0.717) is 5.69 Å². The van der Waals surface area contributed by atoms with Crippen molar-refractivity contribution in [2.45, 2.75) is 4.90 Å². The molecule has 1 aromatic carbocycles. The van der Waals surface area contributed by atoms with Crippen LogP contribution in [0.1, 0.15) is 0 Å². The lowest BCUT2D eigenvalue weighted by Crippen LogP contribution is -1.96. The largest absolute Gasteiger partial charge is 0.382 e. The van der Waals surface area contributed by atoms with Crippen LogP contribution in [-0.2, 0) is 10.1 Å². The minimum Gasteiger partial charge on any atom is -0.382 e. The summed E-state index contributed by atoms with van der Waals surface area (Å²) < 4.78 is 30.5. The lowest BCUT2D eigenvalue weighted by molar-refractivity contribution is 0.483. The van der Waals surface area contributed by atoms with Crippen molar-refractivity contribution in [1.29, 1.82) is 0 Å². The van der Waals surface area contributed by atoms with Gasteiger partial charge in [0.15, 0.2) is 11.5 Å². The van der Waals surface area contributed by atoms with Gasteiger partial charge in [-0.25, -0.2) is 0 Å². The lowest BCUT2D eigenvalue weighted by atomic mass is 10.3. The van der Waals surface area contributed by atoms with Crippen molar-refractivity contribution in [3.63, 3.8) is 0 Å². The quantitative estimate of drug-likeness (QED) is 0.489. The molecule has 0 atom stereocenters. The second kappa shape index (κ2) is 4.66. The first-order chi connectivity index (χ1) is 8.88. The van der Waals surface area contributed by atoms with Crippen LogP contribution in [0.3, 0.4) is 0 Å². The molecule has 9 nitrogen and oxygen atoms in total. The van der Waals surface area contributed by atoms with Gasteiger partial charge in [0.2, 0.25) is 0 Å². The summed E-state index contributed by atoms with van der Waals surface area (Å²) in [5.74, 6) is 0.284. The Bertz CT molecular complexity index is 699. The van der Waals surface area contributed by atoms with Gasteiger partial charge in [0, 0.05) is 0 Å². The number of hydrogen-bond acceptors (Lipinski definition) is 7. The average Bonchev–Trinajstić information content (AvgIpc) is 2.66. The molecule has 19 heavy (non-hydrogen) atoms. The topological polar surface area (TPSA) is 160 Å². The van der Waals surface area contributed by atoms with Gasteiger partial charge in [-0.3, -0.25) is 9.65 Å². The molecule has 0 fully saturated rings. The molecule has 2 aromatic rings. The highest BCUT2D eigenvalue weighted by Gasteiger charge is 2.09. The Kier molecular flexibility index (Phi) is 3.19. The molecule has 0 spiro atoms. The minimum absolute atomic E-state index is 0.107. The maximum Gasteiger partial charge on any atom is 0.294 e. The van der Waals surface area contributed by atoms with E-state index in [1.165, 1.54) is 24.3 Å². The summed E-state index contributed by atoms with van der Waals surface area (Å²) in [5, 5.41) is 13.7. The second-order valence-corrected chi connectivity index (χ2v) is 4.96. The van der Waals surface area contributed by atoms with E-state index in [0.717, 1.165) is 0 Å². The van der Waals surface area contributed by atoms with E-state index in [2.05, 4.69) is 20.4 Å². The number of anilines is 2. The molecule has 0 radical (unpaired) electrons. The maximum atomic E-state index is 10.8. The number of benzene rings is 1. The molecule has 0 bridgehead atoms. The Morgan fingerprint density at radius 3 is 2.26 bits per heavy atom. The first-order valence-electron chi connectivity index (χ1n) is 4.96. The van der Waals surface area contributed by atoms with Crippen LogP contribution >= 0.6 is 0 Å². The standard InChI is InChI=1S/C9H10N6O3S/c10-8-7(9(11)15-14-8)13-12-5-1-3-6(4-2-5)19(16,17)18/h1-4H,(H,16,17,18)(H5,10,11,14,15). The van der Waals surface area contributed by atoms with Crippen LogP contribution in [0.25, 0.3) is 0 Å². The smallest absolute Gasteiger partial charge is 0.294 e. The first kappa shape index (κ1) is 13.0. The van der Waals surface area contributed by atoms with Gasteiger partial charge in [-0.1, -0.05) is 0 Å². The zero-order chi connectivity index (χ0) is 14.0. The number of nitrogens with zero attached hydrogens (tertiary/aromatic N) is 3. The van der Waals surface area contributed by atoms with Gasteiger partial charge in [-0.15, -0.1) is 5.11 Å². The van der Waals surface area contributed by atoms with Crippen molar-refractivity contribution in [2.75, 3.05) is 11.5 Å². The molecule has 10 heteroatoms. The number of nitrogen functional groups attached to an aromatic ring is 2. The molecule has 1 aromatic heterocycles. The van der Waals surface area contributed by atoms with Gasteiger partial charge in [-0.05, 0) is 24.3 Å². The molecular weight excluding hydrogens is 272 g/mol. The molecule has 0 aliphatic carbocycles. The molecule has 0 aliphatic heterocycles. The zero-order valence-corrected chi connectivity index (χ0v) is 10.3. The fourth-order valence-corrected chi connectivity index (χ4v) is 1.74. The Labute approximate surface area is 108 Å². The van der Waals surface area contributed by atoms with E-state index in [9.17, 15) is 8.42 Å². The molecule has 100 valence electrons. The molecule has 6 N–H and O–H groups in total. The van der Waals surface area contributed by atoms with Crippen molar-refractivity contribution >= 4 is 33.1 Å². The number of hydrogen-bond donors (Lipinski definition) is 4. The summed E-state index contributed by atoms with van der Waals surface area (Å²) in [5.41, 5.74) is 11.6. The van der Waals surface area contributed by atoms with Crippen LogP contribution in [-0.4, -0.2) is 23.2 Å². The summed E-state index contributed by atoms with van der Waals surface area (Å²) >= 11 is 0. The highest BCUT2D eigenvalue weighted by atomic mass is 32.2. The van der Waals surface area contributed by atoms with Crippen molar-refractivity contribution in [2.24, 2.45) is 10.2 Å². The summed E-state index contributed by atoms with van der Waals surface area (Å²) in [6.45, 7) is 0. The van der Waals surface area contributed by atoms with Crippen LogP contribution < -0.4 is 11.5 Å². The third kappa shape index (κ3) is 2.86. The summed E-state index contributed by atoms with van der Waals surface area (Å²) in [4.78, 5) is -0.228. The van der Waals surface area contributed by atoms with Gasteiger partial charge in [0.05, 0.1) is 10.6 Å². The van der Waals surface area contributed by atoms with E-state index in [4.69, 9.17) is 16.0 Å². The predicted octanol–water partition coefficient (Wildman–Crippen LogP) is 1.24. The molecule has 0 aliphatic rings. The van der Waals surface area contributed by atoms with Crippen LogP contribution in [0.2, 0.25) is 0 Å². The van der Waals surface area contributed by atoms with E-state index in [1.54, 1.807) is 0 Å². The van der Waals surface area contributed by atoms with Crippen molar-refractivity contribution in [1.82, 2.24) is 10.2 Å². The number of azo groups is 1. The number of nitrogens with two attached hydrogens (primary N) is 2. The summed E-state index contributed by atoms with van der Waals surface area (Å²) in [7, 11) is -4.22. The summed E-state index contributed by atoms with van der Waals surface area (Å²) in [6.07, 6.45) is 0. The Morgan fingerprint density at radius 1 is 1.16 bits per heavy atom. The van der Waals surface area contributed by atoms with E-state index in [-0.39, 0.29) is 22.2 Å². The van der Waals surface area contributed by atoms with Gasteiger partial charge in [-0.2, -0.15) is 18.6 Å². The molecular formula is C9H10N6O3S. The third-order valence-corrected chi connectivity index (χ3v) is 3.06. The lowest BCUT2D eigenvalue weighted by Gasteiger charge is -1.96. The Hall–Kier alpha value is -2.46. The molecule has 2 rings (SSSR count). The van der Waals surface area contributed by atoms with Crippen LogP contribution in [0.5, 0.6) is 0 Å². The van der Waals surface area contributed by atoms with Gasteiger partial charge < -0.3 is 11.5 Å². The molecule has 0 amide bonds. The van der Waals surface area contributed by atoms with E-state index < -0.39 is 10.1 Å². The number of aromatic nitrogens is 2. The van der Waals surface area contributed by atoms with Crippen LogP contribution in [0.4, 0.5) is 23.0 Å². The van der Waals surface area contributed by atoms with Crippen LogP contribution in [0.15, 0.2) is 39.4 Å². The van der Waals surface area contributed by atoms with Crippen molar-refractivity contribution < 1.29 is 13.0 Å². The summed E-state index contributed by atoms with van der Waals surface area (Å²) in [6, 6.07) is 5.15. The number of H-pyrrole nitrogens is 1. The third-order valence-electron chi connectivity index (χ3n) is 2.19.